The van der Waals surface area contributed by atoms with Crippen molar-refractivity contribution in [2.75, 3.05) is 0 Å². The molecule has 0 aliphatic heterocycles. The highest BCUT2D eigenvalue weighted by Crippen LogP contribution is 2.26. The van der Waals surface area contributed by atoms with Crippen molar-refractivity contribution in [3.8, 4) is 0 Å². The topological polar surface area (TPSA) is 9.23 Å². The number of allylic oxidation sites excluding steroid dienone is 2. The second-order valence-electron chi connectivity index (χ2n) is 2.17. The van der Waals surface area contributed by atoms with Crippen LogP contribution in [0, 0.1) is 0 Å². The minimum atomic E-state index is 0.0702. The van der Waals surface area contributed by atoms with E-state index in [-0.39, 0.29) is 10.4 Å². The normalized spacial score (nSPS) is 14.9. The smallest absolute Gasteiger partial charge is 0.209 e. The largest absolute Gasteiger partial charge is 0.431 e. The first-order valence-corrected chi connectivity index (χ1v) is 5.30. The molecule has 0 spiro atoms. The van der Waals surface area contributed by atoms with E-state index in [1.807, 2.05) is 13.8 Å². The van der Waals surface area contributed by atoms with Crippen LogP contribution >= 0.6 is 46.4 Å². The minimum absolute atomic E-state index is 0.0702. The fourth-order valence-electron chi connectivity index (χ4n) is 0.467. The fourth-order valence-corrected chi connectivity index (χ4v) is 1.01. The summed E-state index contributed by atoms with van der Waals surface area (Å²) in [5, 5.41) is 0.974. The summed E-state index contributed by atoms with van der Waals surface area (Å²) in [6, 6.07) is 0. The van der Waals surface area contributed by atoms with E-state index in [1.165, 1.54) is 0 Å². The molecule has 0 fully saturated rings. The van der Waals surface area contributed by atoms with Crippen molar-refractivity contribution in [3.63, 3.8) is 0 Å². The van der Waals surface area contributed by atoms with Crippen LogP contribution in [-0.4, -0.2) is 0 Å². The van der Waals surface area contributed by atoms with Gasteiger partial charge in [0.2, 0.25) is 10.4 Å². The first kappa shape index (κ1) is 13.4. The van der Waals surface area contributed by atoms with E-state index in [0.29, 0.717) is 22.9 Å². The Kier molecular flexibility index (Phi) is 7.06. The lowest BCUT2D eigenvalue weighted by molar-refractivity contribution is 0.361. The van der Waals surface area contributed by atoms with Crippen molar-refractivity contribution in [3.05, 3.63) is 20.5 Å². The van der Waals surface area contributed by atoms with Gasteiger partial charge in [-0.05, 0) is 36.0 Å². The monoisotopic (exact) mass is 262 g/mol. The Hall–Kier alpha value is 0.440. The van der Waals surface area contributed by atoms with Crippen LogP contribution < -0.4 is 0 Å². The molecule has 0 amide bonds. The van der Waals surface area contributed by atoms with E-state index in [1.54, 1.807) is 0 Å². The van der Waals surface area contributed by atoms with Crippen LogP contribution in [0.2, 0.25) is 0 Å². The third kappa shape index (κ3) is 5.02. The van der Waals surface area contributed by atoms with Gasteiger partial charge >= 0.3 is 0 Å². The number of rotatable bonds is 4. The Labute approximate surface area is 98.2 Å². The first-order chi connectivity index (χ1) is 6.02. The highest BCUT2D eigenvalue weighted by Gasteiger charge is 2.06. The average molecular weight is 264 g/mol. The van der Waals surface area contributed by atoms with Crippen LogP contribution in [-0.2, 0) is 4.74 Å². The fraction of sp³-hybridized carbons (Fsp3) is 0.500. The van der Waals surface area contributed by atoms with Gasteiger partial charge in [0.05, 0.1) is 10.1 Å². The molecule has 0 aromatic carbocycles. The molecule has 0 rings (SSSR count). The van der Waals surface area contributed by atoms with Crippen molar-refractivity contribution >= 4 is 46.4 Å². The van der Waals surface area contributed by atoms with E-state index < -0.39 is 0 Å². The third-order valence-corrected chi connectivity index (χ3v) is 2.91. The average Bonchev–Trinajstić information content (AvgIpc) is 2.14. The van der Waals surface area contributed by atoms with Gasteiger partial charge in [-0.2, -0.15) is 0 Å². The van der Waals surface area contributed by atoms with Crippen LogP contribution in [0.4, 0.5) is 0 Å². The number of hydrogen-bond donors (Lipinski definition) is 0. The lowest BCUT2D eigenvalue weighted by Gasteiger charge is -2.05. The molecular formula is C8H10Cl4O. The van der Waals surface area contributed by atoms with Crippen LogP contribution in [0.25, 0.3) is 0 Å². The van der Waals surface area contributed by atoms with Crippen LogP contribution in [0.1, 0.15) is 26.7 Å². The first-order valence-electron chi connectivity index (χ1n) is 3.79. The summed E-state index contributed by atoms with van der Waals surface area (Å²) in [5.41, 5.74) is 0. The van der Waals surface area contributed by atoms with E-state index in [2.05, 4.69) is 0 Å². The zero-order chi connectivity index (χ0) is 10.4. The van der Waals surface area contributed by atoms with E-state index in [4.69, 9.17) is 51.1 Å². The zero-order valence-electron chi connectivity index (χ0n) is 7.33. The van der Waals surface area contributed by atoms with Crippen molar-refractivity contribution in [2.24, 2.45) is 0 Å². The molecule has 76 valence electrons. The lowest BCUT2D eigenvalue weighted by atomic mass is 10.5. The van der Waals surface area contributed by atoms with Gasteiger partial charge in [-0.1, -0.05) is 37.0 Å². The van der Waals surface area contributed by atoms with Crippen LogP contribution in [0.15, 0.2) is 20.5 Å². The molecule has 5 heteroatoms. The van der Waals surface area contributed by atoms with E-state index in [0.717, 1.165) is 0 Å². The van der Waals surface area contributed by atoms with Crippen molar-refractivity contribution < 1.29 is 4.74 Å². The van der Waals surface area contributed by atoms with Gasteiger partial charge in [0.15, 0.2) is 0 Å². The summed E-state index contributed by atoms with van der Waals surface area (Å²) in [7, 11) is 0. The van der Waals surface area contributed by atoms with E-state index >= 15 is 0 Å². The molecule has 13 heavy (non-hydrogen) atoms. The number of halogens is 4. The van der Waals surface area contributed by atoms with Crippen LogP contribution in [0.3, 0.4) is 0 Å². The molecule has 0 radical (unpaired) electrons. The van der Waals surface area contributed by atoms with Gasteiger partial charge < -0.3 is 4.74 Å². The molecule has 0 N–H and O–H groups in total. The Bertz CT molecular complexity index is 208. The number of ether oxygens (including phenoxy) is 1. The second kappa shape index (κ2) is 6.83. The van der Waals surface area contributed by atoms with Gasteiger partial charge in [0.25, 0.3) is 0 Å². The number of hydrogen-bond acceptors (Lipinski definition) is 1. The molecule has 1 nitrogen and oxygen atoms in total. The van der Waals surface area contributed by atoms with Crippen LogP contribution in [0.5, 0.6) is 0 Å². The van der Waals surface area contributed by atoms with Crippen molar-refractivity contribution in [1.29, 1.82) is 0 Å². The lowest BCUT2D eigenvalue weighted by Crippen LogP contribution is -1.86. The molecular weight excluding hydrogens is 254 g/mol. The highest BCUT2D eigenvalue weighted by molar-refractivity contribution is 6.40. The molecule has 0 heterocycles. The second-order valence-corrected chi connectivity index (χ2v) is 3.77. The molecule has 0 saturated carbocycles. The summed E-state index contributed by atoms with van der Waals surface area (Å²) in [6.45, 7) is 3.71. The molecule has 0 saturated heterocycles. The quantitative estimate of drug-likeness (QED) is 0.640. The molecule has 0 aromatic rings. The highest BCUT2D eigenvalue weighted by atomic mass is 35.5. The molecule has 0 bridgehead atoms. The molecule has 0 aromatic heterocycles. The summed E-state index contributed by atoms with van der Waals surface area (Å²) < 4.78 is 4.98. The van der Waals surface area contributed by atoms with Gasteiger partial charge in [-0.25, -0.2) is 0 Å². The Morgan fingerprint density at radius 2 is 1.15 bits per heavy atom. The summed E-state index contributed by atoms with van der Waals surface area (Å²) in [5.74, 6) is 0. The van der Waals surface area contributed by atoms with Crippen molar-refractivity contribution in [1.82, 2.24) is 0 Å². The Morgan fingerprint density at radius 3 is 1.38 bits per heavy atom. The standard InChI is InChI=1S/C8H10Cl4O/c1-3-5(9)7(11)13-8(12)6(10)4-2/h3-4H2,1-2H3/b7-5+,8-6+. The molecule has 0 unspecified atom stereocenters. The maximum Gasteiger partial charge on any atom is 0.209 e. The summed E-state index contributed by atoms with van der Waals surface area (Å²) in [6.07, 6.45) is 1.18. The summed E-state index contributed by atoms with van der Waals surface area (Å²) in [4.78, 5) is 0. The zero-order valence-corrected chi connectivity index (χ0v) is 10.4. The SMILES string of the molecule is CC/C(Cl)=C(/Cl)O/C(Cl)=C(/Cl)CC. The van der Waals surface area contributed by atoms with Gasteiger partial charge in [0.1, 0.15) is 0 Å². The third-order valence-electron chi connectivity index (χ3n) is 1.23. The maximum atomic E-state index is 5.71. The van der Waals surface area contributed by atoms with Crippen molar-refractivity contribution in [2.45, 2.75) is 26.7 Å². The molecule has 0 aliphatic rings. The van der Waals surface area contributed by atoms with Gasteiger partial charge in [-0.15, -0.1) is 0 Å². The maximum absolute atomic E-state index is 5.71. The predicted molar refractivity (Wildman–Crippen MR) is 59.1 cm³/mol. The predicted octanol–water partition coefficient (Wildman–Crippen LogP) is 5.12. The van der Waals surface area contributed by atoms with E-state index in [9.17, 15) is 0 Å². The van der Waals surface area contributed by atoms with Gasteiger partial charge in [-0.3, -0.25) is 0 Å². The minimum Gasteiger partial charge on any atom is -0.431 e. The summed E-state index contributed by atoms with van der Waals surface area (Å²) >= 11 is 22.8. The van der Waals surface area contributed by atoms with Gasteiger partial charge in [0, 0.05) is 0 Å². The molecule has 0 atom stereocenters. The molecule has 0 aliphatic carbocycles. The Balaban J connectivity index is 4.46. The Morgan fingerprint density at radius 1 is 0.846 bits per heavy atom.